The molecule has 0 unspecified atom stereocenters. The summed E-state index contributed by atoms with van der Waals surface area (Å²) in [7, 11) is -3.47. The number of sulfonamides is 1. The number of benzene rings is 2. The largest absolute Gasteiger partial charge is 0.379 e. The molecular weight excluding hydrogens is 383 g/mol. The Morgan fingerprint density at radius 2 is 1.82 bits per heavy atom. The number of ether oxygens (including phenoxy) is 1. The minimum absolute atomic E-state index is 0.141. The van der Waals surface area contributed by atoms with Gasteiger partial charge in [-0.2, -0.15) is 4.31 Å². The third-order valence-electron chi connectivity index (χ3n) is 4.70. The molecule has 0 aromatic heterocycles. The number of carbonyl (C=O) groups excluding carboxylic acids is 1. The van der Waals surface area contributed by atoms with E-state index in [1.165, 1.54) is 16.4 Å². The van der Waals surface area contributed by atoms with Crippen LogP contribution in [0.2, 0.25) is 0 Å². The number of morpholine rings is 1. The Balaban J connectivity index is 1.72. The lowest BCUT2D eigenvalue weighted by atomic mass is 10.1. The van der Waals surface area contributed by atoms with Crippen molar-refractivity contribution >= 4 is 15.9 Å². The Morgan fingerprint density at radius 3 is 2.54 bits per heavy atom. The van der Waals surface area contributed by atoms with E-state index in [4.69, 9.17) is 4.74 Å². The second-order valence-corrected chi connectivity index (χ2v) is 8.65. The first-order chi connectivity index (χ1) is 13.4. The second kappa shape index (κ2) is 8.81. The average molecular weight is 406 g/mol. The van der Waals surface area contributed by atoms with Gasteiger partial charge in [-0.1, -0.05) is 30.3 Å². The molecule has 3 rings (SSSR count). The molecule has 1 N–H and O–H groups in total. The van der Waals surface area contributed by atoms with Crippen molar-refractivity contribution in [3.63, 3.8) is 0 Å². The zero-order valence-electron chi connectivity index (χ0n) is 15.7. The van der Waals surface area contributed by atoms with Gasteiger partial charge in [0.15, 0.2) is 0 Å². The number of rotatable bonds is 6. The van der Waals surface area contributed by atoms with Gasteiger partial charge in [0.1, 0.15) is 5.82 Å². The molecule has 0 saturated carbocycles. The van der Waals surface area contributed by atoms with Crippen molar-refractivity contribution < 1.29 is 22.3 Å². The monoisotopic (exact) mass is 406 g/mol. The lowest BCUT2D eigenvalue weighted by Crippen LogP contribution is -2.41. The van der Waals surface area contributed by atoms with E-state index in [1.807, 2.05) is 0 Å². The van der Waals surface area contributed by atoms with Crippen molar-refractivity contribution in [1.82, 2.24) is 9.62 Å². The summed E-state index contributed by atoms with van der Waals surface area (Å²) in [4.78, 5) is 12.4. The van der Waals surface area contributed by atoms with Crippen molar-refractivity contribution in [3.8, 4) is 0 Å². The topological polar surface area (TPSA) is 75.7 Å². The van der Waals surface area contributed by atoms with E-state index in [9.17, 15) is 17.6 Å². The molecule has 8 heteroatoms. The summed E-state index contributed by atoms with van der Waals surface area (Å²) in [5.74, 6) is -1.02. The summed E-state index contributed by atoms with van der Waals surface area (Å²) < 4.78 is 45.5. The maximum atomic E-state index is 13.4. The number of aryl methyl sites for hydroxylation is 1. The highest BCUT2D eigenvalue weighted by atomic mass is 32.2. The SMILES string of the molecule is Cc1ccc(F)cc1C(=O)NCc1ccccc1CS(=O)(=O)N1CCOCC1. The molecule has 1 fully saturated rings. The van der Waals surface area contributed by atoms with Gasteiger partial charge in [-0.15, -0.1) is 0 Å². The fourth-order valence-electron chi connectivity index (χ4n) is 3.09. The third kappa shape index (κ3) is 4.95. The molecule has 0 radical (unpaired) electrons. The van der Waals surface area contributed by atoms with E-state index in [1.54, 1.807) is 37.3 Å². The van der Waals surface area contributed by atoms with Crippen molar-refractivity contribution in [2.45, 2.75) is 19.2 Å². The Hall–Kier alpha value is -2.29. The molecule has 2 aromatic carbocycles. The quantitative estimate of drug-likeness (QED) is 0.798. The first-order valence-corrected chi connectivity index (χ1v) is 10.6. The van der Waals surface area contributed by atoms with Gasteiger partial charge in [-0.05, 0) is 35.7 Å². The number of halogens is 1. The van der Waals surface area contributed by atoms with Crippen molar-refractivity contribution in [2.24, 2.45) is 0 Å². The minimum Gasteiger partial charge on any atom is -0.379 e. The Kier molecular flexibility index (Phi) is 6.43. The summed E-state index contributed by atoms with van der Waals surface area (Å²) in [6, 6.07) is 11.1. The van der Waals surface area contributed by atoms with Crippen molar-refractivity contribution in [3.05, 3.63) is 70.5 Å². The summed E-state index contributed by atoms with van der Waals surface area (Å²) in [6.07, 6.45) is 0. The molecule has 1 amide bonds. The van der Waals surface area contributed by atoms with Crippen LogP contribution in [0.4, 0.5) is 4.39 Å². The van der Waals surface area contributed by atoms with E-state index >= 15 is 0 Å². The lowest BCUT2D eigenvalue weighted by Gasteiger charge is -2.26. The van der Waals surface area contributed by atoms with Crippen molar-refractivity contribution in [2.75, 3.05) is 26.3 Å². The van der Waals surface area contributed by atoms with E-state index in [-0.39, 0.29) is 17.9 Å². The van der Waals surface area contributed by atoms with Gasteiger partial charge >= 0.3 is 0 Å². The van der Waals surface area contributed by atoms with Crippen LogP contribution in [0.3, 0.4) is 0 Å². The smallest absolute Gasteiger partial charge is 0.251 e. The van der Waals surface area contributed by atoms with Crippen LogP contribution in [-0.2, 0) is 27.1 Å². The number of hydrogen-bond donors (Lipinski definition) is 1. The lowest BCUT2D eigenvalue weighted by molar-refractivity contribution is 0.0729. The van der Waals surface area contributed by atoms with Crippen LogP contribution in [-0.4, -0.2) is 44.9 Å². The van der Waals surface area contributed by atoms with E-state index < -0.39 is 21.7 Å². The van der Waals surface area contributed by atoms with Gasteiger partial charge in [-0.25, -0.2) is 12.8 Å². The molecule has 150 valence electrons. The maximum Gasteiger partial charge on any atom is 0.251 e. The molecule has 0 spiro atoms. The van der Waals surface area contributed by atoms with Crippen LogP contribution in [0, 0.1) is 12.7 Å². The van der Waals surface area contributed by atoms with Gasteiger partial charge in [0, 0.05) is 25.2 Å². The van der Waals surface area contributed by atoms with Gasteiger partial charge in [0.25, 0.3) is 5.91 Å². The molecule has 2 aromatic rings. The Labute approximate surface area is 164 Å². The number of nitrogens with one attached hydrogen (secondary N) is 1. The van der Waals surface area contributed by atoms with E-state index in [0.717, 1.165) is 0 Å². The first-order valence-electron chi connectivity index (χ1n) is 9.03. The Morgan fingerprint density at radius 1 is 1.14 bits per heavy atom. The van der Waals surface area contributed by atoms with Crippen LogP contribution in [0.25, 0.3) is 0 Å². The minimum atomic E-state index is -3.47. The highest BCUT2D eigenvalue weighted by Gasteiger charge is 2.25. The number of hydrogen-bond acceptors (Lipinski definition) is 4. The molecule has 1 heterocycles. The standard InChI is InChI=1S/C20H23FN2O4S/c1-15-6-7-18(21)12-19(15)20(24)22-13-16-4-2-3-5-17(16)14-28(25,26)23-8-10-27-11-9-23/h2-7,12H,8-11,13-14H2,1H3,(H,22,24). The summed E-state index contributed by atoms with van der Waals surface area (Å²) in [5, 5.41) is 2.75. The van der Waals surface area contributed by atoms with E-state index in [2.05, 4.69) is 5.32 Å². The predicted molar refractivity (Wildman–Crippen MR) is 104 cm³/mol. The van der Waals surface area contributed by atoms with Crippen LogP contribution in [0.15, 0.2) is 42.5 Å². The number of nitrogens with zero attached hydrogens (tertiary/aromatic N) is 1. The molecule has 6 nitrogen and oxygen atoms in total. The molecule has 0 bridgehead atoms. The molecular formula is C20H23FN2O4S. The summed E-state index contributed by atoms with van der Waals surface area (Å²) in [5.41, 5.74) is 2.27. The fourth-order valence-corrected chi connectivity index (χ4v) is 4.66. The zero-order chi connectivity index (χ0) is 20.1. The third-order valence-corrected chi connectivity index (χ3v) is 6.53. The predicted octanol–water partition coefficient (Wildman–Crippen LogP) is 2.23. The molecule has 28 heavy (non-hydrogen) atoms. The van der Waals surface area contributed by atoms with Gasteiger partial charge in [-0.3, -0.25) is 4.79 Å². The highest BCUT2D eigenvalue weighted by molar-refractivity contribution is 7.88. The molecule has 0 atom stereocenters. The zero-order valence-corrected chi connectivity index (χ0v) is 16.5. The van der Waals surface area contributed by atoms with Crippen molar-refractivity contribution in [1.29, 1.82) is 0 Å². The molecule has 0 aliphatic carbocycles. The van der Waals surface area contributed by atoms with Crippen LogP contribution < -0.4 is 5.32 Å². The van der Waals surface area contributed by atoms with Gasteiger partial charge in [0.2, 0.25) is 10.0 Å². The maximum absolute atomic E-state index is 13.4. The molecule has 1 saturated heterocycles. The number of carbonyl (C=O) groups is 1. The first kappa shape index (κ1) is 20.4. The Bertz CT molecular complexity index is 956. The van der Waals surface area contributed by atoms with E-state index in [0.29, 0.717) is 43.0 Å². The van der Waals surface area contributed by atoms with Gasteiger partial charge in [0.05, 0.1) is 19.0 Å². The van der Waals surface area contributed by atoms with Crippen LogP contribution in [0.1, 0.15) is 27.0 Å². The van der Waals surface area contributed by atoms with Gasteiger partial charge < -0.3 is 10.1 Å². The average Bonchev–Trinajstić information content (AvgIpc) is 2.69. The molecule has 1 aliphatic rings. The number of amides is 1. The fraction of sp³-hybridized carbons (Fsp3) is 0.350. The van der Waals surface area contributed by atoms with Crippen LogP contribution >= 0.6 is 0 Å². The molecule has 1 aliphatic heterocycles. The highest BCUT2D eigenvalue weighted by Crippen LogP contribution is 2.17. The van der Waals surface area contributed by atoms with Crippen LogP contribution in [0.5, 0.6) is 0 Å². The summed E-state index contributed by atoms with van der Waals surface area (Å²) in [6.45, 7) is 3.37. The second-order valence-electron chi connectivity index (χ2n) is 6.68. The summed E-state index contributed by atoms with van der Waals surface area (Å²) >= 11 is 0. The normalized spacial score (nSPS) is 15.4.